The van der Waals surface area contributed by atoms with E-state index in [9.17, 15) is 18.8 Å². The fourth-order valence-corrected chi connectivity index (χ4v) is 2.18. The number of hydrogen-bond acceptors (Lipinski definition) is 4. The molecule has 0 aromatic heterocycles. The molecule has 0 bridgehead atoms. The van der Waals surface area contributed by atoms with Crippen LogP contribution in [-0.4, -0.2) is 40.4 Å². The quantitative estimate of drug-likeness (QED) is 0.606. The largest absolute Gasteiger partial charge is 0.480 e. The molecular weight excluding hydrogens is 327 g/mol. The van der Waals surface area contributed by atoms with Crippen molar-refractivity contribution in [3.05, 3.63) is 47.3 Å². The Morgan fingerprint density at radius 1 is 1.26 bits per heavy atom. The molecular formula is C15H16ClFN2O4. The number of nitrogens with two attached hydrogens (primary N) is 1. The minimum Gasteiger partial charge on any atom is -0.480 e. The van der Waals surface area contributed by atoms with E-state index in [0.717, 1.165) is 11.0 Å². The van der Waals surface area contributed by atoms with Crippen LogP contribution in [0, 0.1) is 0 Å². The van der Waals surface area contributed by atoms with Crippen molar-refractivity contribution in [3.63, 3.8) is 0 Å². The van der Waals surface area contributed by atoms with E-state index >= 15 is 0 Å². The van der Waals surface area contributed by atoms with Gasteiger partial charge in [-0.3, -0.25) is 19.3 Å². The number of allylic oxidation sites excluding steroid dienone is 1. The van der Waals surface area contributed by atoms with Gasteiger partial charge in [-0.15, -0.1) is 12.4 Å². The molecule has 2 amide bonds. The number of benzene rings is 1. The van der Waals surface area contributed by atoms with Gasteiger partial charge in [-0.05, 0) is 25.0 Å². The lowest BCUT2D eigenvalue weighted by Gasteiger charge is -2.12. The van der Waals surface area contributed by atoms with Crippen molar-refractivity contribution >= 4 is 30.2 Å². The number of imide groups is 1. The summed E-state index contributed by atoms with van der Waals surface area (Å²) in [5.41, 5.74) is 5.83. The van der Waals surface area contributed by atoms with E-state index in [-0.39, 0.29) is 37.2 Å². The van der Waals surface area contributed by atoms with Gasteiger partial charge in [-0.2, -0.15) is 0 Å². The summed E-state index contributed by atoms with van der Waals surface area (Å²) in [6, 6.07) is 4.85. The van der Waals surface area contributed by atoms with Crippen molar-refractivity contribution in [1.29, 1.82) is 0 Å². The average Bonchev–Trinajstić information content (AvgIpc) is 2.75. The van der Waals surface area contributed by atoms with Gasteiger partial charge in [0.1, 0.15) is 5.83 Å². The molecule has 0 saturated heterocycles. The highest BCUT2D eigenvalue weighted by Gasteiger charge is 2.34. The molecule has 1 heterocycles. The normalized spacial score (nSPS) is 15.2. The zero-order chi connectivity index (χ0) is 16.3. The summed E-state index contributed by atoms with van der Waals surface area (Å²) in [5, 5.41) is 8.55. The second-order valence-electron chi connectivity index (χ2n) is 4.85. The van der Waals surface area contributed by atoms with Crippen LogP contribution in [0.25, 0.3) is 0 Å². The molecule has 0 fully saturated rings. The molecule has 1 atom stereocenters. The maximum atomic E-state index is 13.3. The minimum atomic E-state index is -1.68. The number of amides is 2. The number of carbonyl (C=O) groups is 3. The van der Waals surface area contributed by atoms with Crippen molar-refractivity contribution < 1.29 is 23.9 Å². The lowest BCUT2D eigenvalue weighted by atomic mass is 10.1. The van der Waals surface area contributed by atoms with Crippen LogP contribution in [0.15, 0.2) is 36.2 Å². The third-order valence-electron chi connectivity index (χ3n) is 3.37. The van der Waals surface area contributed by atoms with Crippen LogP contribution >= 0.6 is 12.4 Å². The first kappa shape index (κ1) is 18.8. The van der Waals surface area contributed by atoms with E-state index in [2.05, 4.69) is 0 Å². The molecule has 23 heavy (non-hydrogen) atoms. The average molecular weight is 343 g/mol. The maximum absolute atomic E-state index is 13.3. The summed E-state index contributed by atoms with van der Waals surface area (Å²) >= 11 is 0. The Hall–Kier alpha value is -2.25. The van der Waals surface area contributed by atoms with Crippen molar-refractivity contribution in [2.24, 2.45) is 5.73 Å². The SMILES string of the molecule is Cl.NC(C(=O)O)/C(F)=C/CCCN1C(=O)c2ccccc2C1=O. The van der Waals surface area contributed by atoms with Crippen LogP contribution in [0.4, 0.5) is 4.39 Å². The van der Waals surface area contributed by atoms with Crippen LogP contribution in [0.2, 0.25) is 0 Å². The fourth-order valence-electron chi connectivity index (χ4n) is 2.18. The van der Waals surface area contributed by atoms with Crippen molar-refractivity contribution in [2.75, 3.05) is 6.54 Å². The highest BCUT2D eigenvalue weighted by molar-refractivity contribution is 6.21. The van der Waals surface area contributed by atoms with Gasteiger partial charge in [0.2, 0.25) is 0 Å². The highest BCUT2D eigenvalue weighted by Crippen LogP contribution is 2.22. The topological polar surface area (TPSA) is 101 Å². The predicted octanol–water partition coefficient (Wildman–Crippen LogP) is 1.75. The molecule has 1 aliphatic rings. The number of carboxylic acids is 1. The molecule has 0 spiro atoms. The third kappa shape index (κ3) is 3.94. The van der Waals surface area contributed by atoms with Gasteiger partial charge in [-0.1, -0.05) is 18.2 Å². The molecule has 1 aromatic rings. The third-order valence-corrected chi connectivity index (χ3v) is 3.37. The summed E-state index contributed by atoms with van der Waals surface area (Å²) in [6.45, 7) is 0.137. The molecule has 1 aromatic carbocycles. The molecule has 0 radical (unpaired) electrons. The monoisotopic (exact) mass is 342 g/mol. The summed E-state index contributed by atoms with van der Waals surface area (Å²) in [6.07, 6.45) is 1.57. The Morgan fingerprint density at radius 2 is 1.78 bits per heavy atom. The number of rotatable bonds is 6. The van der Waals surface area contributed by atoms with Crippen LogP contribution in [0.3, 0.4) is 0 Å². The lowest BCUT2D eigenvalue weighted by Crippen LogP contribution is -2.31. The maximum Gasteiger partial charge on any atom is 0.327 e. The van der Waals surface area contributed by atoms with E-state index < -0.39 is 17.8 Å². The van der Waals surface area contributed by atoms with Gasteiger partial charge < -0.3 is 10.8 Å². The molecule has 3 N–H and O–H groups in total. The zero-order valence-electron chi connectivity index (χ0n) is 12.1. The van der Waals surface area contributed by atoms with Gasteiger partial charge >= 0.3 is 5.97 Å². The number of halogens is 2. The number of fused-ring (bicyclic) bond motifs is 1. The van der Waals surface area contributed by atoms with E-state index in [1.807, 2.05) is 0 Å². The van der Waals surface area contributed by atoms with Crippen molar-refractivity contribution in [3.8, 4) is 0 Å². The Morgan fingerprint density at radius 3 is 2.26 bits per heavy atom. The standard InChI is InChI=1S/C15H15FN2O4.ClH/c16-11(12(17)15(21)22)7-3-4-8-18-13(19)9-5-1-2-6-10(9)14(18)20;/h1-2,5-7,12H,3-4,8,17H2,(H,21,22);1H/b11-7-;. The molecule has 0 aliphatic carbocycles. The van der Waals surface area contributed by atoms with Gasteiger partial charge in [0.05, 0.1) is 11.1 Å². The molecule has 8 heteroatoms. The molecule has 1 aliphatic heterocycles. The number of unbranched alkanes of at least 4 members (excludes halogenated alkanes) is 1. The molecule has 0 saturated carbocycles. The van der Waals surface area contributed by atoms with Crippen LogP contribution < -0.4 is 5.73 Å². The second kappa shape index (κ2) is 7.85. The smallest absolute Gasteiger partial charge is 0.327 e. The lowest BCUT2D eigenvalue weighted by molar-refractivity contribution is -0.137. The Labute approximate surface area is 138 Å². The summed E-state index contributed by atoms with van der Waals surface area (Å²) < 4.78 is 13.3. The Balaban J connectivity index is 0.00000264. The van der Waals surface area contributed by atoms with Gasteiger partial charge in [0.25, 0.3) is 11.8 Å². The summed E-state index contributed by atoms with van der Waals surface area (Å²) in [4.78, 5) is 35.7. The van der Waals surface area contributed by atoms with Gasteiger partial charge in [0, 0.05) is 6.54 Å². The Kier molecular flexibility index (Phi) is 6.41. The van der Waals surface area contributed by atoms with Crippen molar-refractivity contribution in [1.82, 2.24) is 4.90 Å². The number of hydrogen-bond donors (Lipinski definition) is 2. The van der Waals surface area contributed by atoms with Gasteiger partial charge in [0.15, 0.2) is 6.04 Å². The zero-order valence-corrected chi connectivity index (χ0v) is 12.9. The Bertz CT molecular complexity index is 628. The van der Waals surface area contributed by atoms with Crippen LogP contribution in [-0.2, 0) is 4.79 Å². The molecule has 124 valence electrons. The fraction of sp³-hybridized carbons (Fsp3) is 0.267. The highest BCUT2D eigenvalue weighted by atomic mass is 35.5. The van der Waals surface area contributed by atoms with Gasteiger partial charge in [-0.25, -0.2) is 4.39 Å². The van der Waals surface area contributed by atoms with Crippen molar-refractivity contribution in [2.45, 2.75) is 18.9 Å². The second-order valence-corrected chi connectivity index (χ2v) is 4.85. The first-order valence-corrected chi connectivity index (χ1v) is 6.72. The number of nitrogens with zero attached hydrogens (tertiary/aromatic N) is 1. The summed E-state index contributed by atoms with van der Waals surface area (Å²) in [5.74, 6) is -3.12. The summed E-state index contributed by atoms with van der Waals surface area (Å²) in [7, 11) is 0. The molecule has 1 unspecified atom stereocenters. The van der Waals surface area contributed by atoms with E-state index in [0.29, 0.717) is 17.5 Å². The van der Waals surface area contributed by atoms with E-state index in [1.165, 1.54) is 0 Å². The van der Waals surface area contributed by atoms with Crippen LogP contribution in [0.5, 0.6) is 0 Å². The number of carbonyl (C=O) groups excluding carboxylic acids is 2. The van der Waals surface area contributed by atoms with Crippen LogP contribution in [0.1, 0.15) is 33.6 Å². The first-order chi connectivity index (χ1) is 10.4. The first-order valence-electron chi connectivity index (χ1n) is 6.72. The van der Waals surface area contributed by atoms with E-state index in [1.54, 1.807) is 24.3 Å². The van der Waals surface area contributed by atoms with E-state index in [4.69, 9.17) is 10.8 Å². The minimum absolute atomic E-state index is 0. The molecule has 6 nitrogen and oxygen atoms in total. The predicted molar refractivity (Wildman–Crippen MR) is 83.1 cm³/mol. The molecule has 2 rings (SSSR count). The number of aliphatic carboxylic acids is 1. The number of carboxylic acid groups (broad SMARTS) is 1.